The lowest BCUT2D eigenvalue weighted by molar-refractivity contribution is -0.151. The third-order valence-electron chi connectivity index (χ3n) is 4.63. The Balaban J connectivity index is 1.61. The number of hydrogen-bond donors (Lipinski definition) is 0. The lowest BCUT2D eigenvalue weighted by Crippen LogP contribution is -2.30. The van der Waals surface area contributed by atoms with Crippen molar-refractivity contribution in [3.63, 3.8) is 0 Å². The number of benzene rings is 2. The van der Waals surface area contributed by atoms with Crippen LogP contribution >= 0.6 is 11.6 Å². The number of ether oxygens (including phenoxy) is 2. The molecule has 146 valence electrons. The number of carbonyl (C=O) groups excluding carboxylic acids is 3. The molecule has 1 aliphatic rings. The average molecular weight is 402 g/mol. The second-order valence-electron chi connectivity index (χ2n) is 6.55. The first kappa shape index (κ1) is 19.9. The van der Waals surface area contributed by atoms with Crippen LogP contribution in [0.3, 0.4) is 0 Å². The number of ketones is 1. The molecular formula is C21H20ClNO5. The molecule has 1 aliphatic heterocycles. The molecule has 1 saturated heterocycles. The van der Waals surface area contributed by atoms with E-state index in [1.54, 1.807) is 48.5 Å². The van der Waals surface area contributed by atoms with E-state index in [2.05, 4.69) is 0 Å². The summed E-state index contributed by atoms with van der Waals surface area (Å²) in [7, 11) is 1.54. The Hall–Kier alpha value is -2.86. The second-order valence-corrected chi connectivity index (χ2v) is 6.99. The molecule has 2 aromatic rings. The predicted molar refractivity (Wildman–Crippen MR) is 105 cm³/mol. The SMILES string of the molecule is COc1ccc(C(=O)[C@@H](C)OC(=O)[C@@H]2CC(=O)N(c3ccc(Cl)cc3)C2)cc1. The predicted octanol–water partition coefficient (Wildman–Crippen LogP) is 3.52. The van der Waals surface area contributed by atoms with Crippen LogP contribution in [-0.2, 0) is 14.3 Å². The van der Waals surface area contributed by atoms with E-state index in [1.165, 1.54) is 18.9 Å². The van der Waals surface area contributed by atoms with Crippen LogP contribution in [0.1, 0.15) is 23.7 Å². The normalized spacial score (nSPS) is 17.3. The number of esters is 1. The zero-order chi connectivity index (χ0) is 20.3. The van der Waals surface area contributed by atoms with Gasteiger partial charge in [-0.2, -0.15) is 0 Å². The zero-order valence-corrected chi connectivity index (χ0v) is 16.3. The van der Waals surface area contributed by atoms with E-state index in [4.69, 9.17) is 21.1 Å². The fourth-order valence-corrected chi connectivity index (χ4v) is 3.18. The Morgan fingerprint density at radius 2 is 1.75 bits per heavy atom. The summed E-state index contributed by atoms with van der Waals surface area (Å²) in [5.41, 5.74) is 1.10. The molecule has 2 atom stereocenters. The van der Waals surface area contributed by atoms with E-state index < -0.39 is 18.0 Å². The number of hydrogen-bond acceptors (Lipinski definition) is 5. The fourth-order valence-electron chi connectivity index (χ4n) is 3.05. The molecule has 1 amide bonds. The van der Waals surface area contributed by atoms with Crippen molar-refractivity contribution in [2.24, 2.45) is 5.92 Å². The number of nitrogens with zero attached hydrogens (tertiary/aromatic N) is 1. The lowest BCUT2D eigenvalue weighted by atomic mass is 10.1. The summed E-state index contributed by atoms with van der Waals surface area (Å²) in [5, 5.41) is 0.567. The second kappa shape index (κ2) is 8.44. The summed E-state index contributed by atoms with van der Waals surface area (Å²) in [6, 6.07) is 13.4. The van der Waals surface area contributed by atoms with Crippen LogP contribution in [0.5, 0.6) is 5.75 Å². The topological polar surface area (TPSA) is 72.9 Å². The summed E-state index contributed by atoms with van der Waals surface area (Å²) in [4.78, 5) is 38.8. The van der Waals surface area contributed by atoms with E-state index in [0.717, 1.165) is 0 Å². The molecule has 0 N–H and O–H groups in total. The molecule has 3 rings (SSSR count). The summed E-state index contributed by atoms with van der Waals surface area (Å²) in [6.07, 6.45) is -0.897. The van der Waals surface area contributed by atoms with E-state index in [-0.39, 0.29) is 24.7 Å². The Bertz CT molecular complexity index is 879. The van der Waals surface area contributed by atoms with Crippen molar-refractivity contribution in [1.29, 1.82) is 0 Å². The van der Waals surface area contributed by atoms with Crippen LogP contribution in [0.25, 0.3) is 0 Å². The van der Waals surface area contributed by atoms with Gasteiger partial charge in [-0.15, -0.1) is 0 Å². The quantitative estimate of drug-likeness (QED) is 0.547. The molecule has 6 nitrogen and oxygen atoms in total. The summed E-state index contributed by atoms with van der Waals surface area (Å²) in [6.45, 7) is 1.74. The Morgan fingerprint density at radius 3 is 2.36 bits per heavy atom. The minimum absolute atomic E-state index is 0.0465. The summed E-state index contributed by atoms with van der Waals surface area (Å²) < 4.78 is 10.4. The van der Waals surface area contributed by atoms with Gasteiger partial charge in [0.25, 0.3) is 0 Å². The van der Waals surface area contributed by atoms with Crippen LogP contribution in [0.2, 0.25) is 5.02 Å². The van der Waals surface area contributed by atoms with Crippen molar-refractivity contribution in [2.45, 2.75) is 19.4 Å². The maximum atomic E-state index is 12.5. The number of methoxy groups -OCH3 is 1. The van der Waals surface area contributed by atoms with Crippen molar-refractivity contribution in [1.82, 2.24) is 0 Å². The van der Waals surface area contributed by atoms with Crippen molar-refractivity contribution >= 4 is 34.9 Å². The molecule has 1 fully saturated rings. The molecule has 0 spiro atoms. The summed E-state index contributed by atoms with van der Waals surface area (Å²) in [5.74, 6) is -1.02. The van der Waals surface area contributed by atoms with Gasteiger partial charge in [0.05, 0.1) is 13.0 Å². The molecule has 2 aromatic carbocycles. The van der Waals surface area contributed by atoms with Crippen LogP contribution in [0, 0.1) is 5.92 Å². The zero-order valence-electron chi connectivity index (χ0n) is 15.6. The Morgan fingerprint density at radius 1 is 1.11 bits per heavy atom. The third kappa shape index (κ3) is 4.34. The highest BCUT2D eigenvalue weighted by atomic mass is 35.5. The van der Waals surface area contributed by atoms with Crippen LogP contribution in [-0.4, -0.2) is 37.4 Å². The smallest absolute Gasteiger partial charge is 0.312 e. The Kier molecular flexibility index (Phi) is 5.99. The molecule has 0 bridgehead atoms. The molecule has 0 aliphatic carbocycles. The van der Waals surface area contributed by atoms with Crippen LogP contribution in [0.4, 0.5) is 5.69 Å². The van der Waals surface area contributed by atoms with Gasteiger partial charge < -0.3 is 14.4 Å². The third-order valence-corrected chi connectivity index (χ3v) is 4.89. The van der Waals surface area contributed by atoms with Gasteiger partial charge in [-0.1, -0.05) is 11.6 Å². The molecule has 0 saturated carbocycles. The molecule has 0 unspecified atom stereocenters. The molecule has 7 heteroatoms. The number of carbonyl (C=O) groups is 3. The molecule has 1 heterocycles. The van der Waals surface area contributed by atoms with E-state index in [0.29, 0.717) is 22.0 Å². The number of rotatable bonds is 6. The van der Waals surface area contributed by atoms with Gasteiger partial charge in [-0.05, 0) is 55.5 Å². The van der Waals surface area contributed by atoms with Crippen molar-refractivity contribution in [3.05, 3.63) is 59.1 Å². The van der Waals surface area contributed by atoms with Gasteiger partial charge in [-0.3, -0.25) is 14.4 Å². The van der Waals surface area contributed by atoms with Crippen molar-refractivity contribution < 1.29 is 23.9 Å². The minimum atomic E-state index is -0.944. The minimum Gasteiger partial charge on any atom is -0.497 e. The molecule has 0 radical (unpaired) electrons. The molecule has 0 aromatic heterocycles. The van der Waals surface area contributed by atoms with Crippen LogP contribution < -0.4 is 9.64 Å². The van der Waals surface area contributed by atoms with Gasteiger partial charge in [0.1, 0.15) is 5.75 Å². The number of amides is 1. The van der Waals surface area contributed by atoms with Gasteiger partial charge in [0.2, 0.25) is 11.7 Å². The van der Waals surface area contributed by atoms with E-state index in [1.807, 2.05) is 0 Å². The van der Waals surface area contributed by atoms with Crippen molar-refractivity contribution in [3.8, 4) is 5.75 Å². The van der Waals surface area contributed by atoms with Gasteiger partial charge >= 0.3 is 5.97 Å². The Labute approximate surface area is 168 Å². The largest absolute Gasteiger partial charge is 0.497 e. The first-order chi connectivity index (χ1) is 13.4. The van der Waals surface area contributed by atoms with Gasteiger partial charge in [-0.25, -0.2) is 0 Å². The van der Waals surface area contributed by atoms with E-state index >= 15 is 0 Å². The highest BCUT2D eigenvalue weighted by Crippen LogP contribution is 2.27. The van der Waals surface area contributed by atoms with Crippen molar-refractivity contribution in [2.75, 3.05) is 18.6 Å². The molecular weight excluding hydrogens is 382 g/mol. The first-order valence-corrected chi connectivity index (χ1v) is 9.21. The first-order valence-electron chi connectivity index (χ1n) is 8.83. The number of Topliss-reactive ketones (excluding diaryl/α,β-unsaturated/α-hetero) is 1. The average Bonchev–Trinajstić information content (AvgIpc) is 3.10. The highest BCUT2D eigenvalue weighted by Gasteiger charge is 2.37. The number of halogens is 1. The highest BCUT2D eigenvalue weighted by molar-refractivity contribution is 6.30. The standard InChI is InChI=1S/C21H20ClNO5/c1-13(20(25)14-3-9-18(27-2)10-4-14)28-21(26)15-11-19(24)23(12-15)17-7-5-16(22)6-8-17/h3-10,13,15H,11-12H2,1-2H3/t13-,15-/m1/s1. The lowest BCUT2D eigenvalue weighted by Gasteiger charge is -2.18. The van der Waals surface area contributed by atoms with Gasteiger partial charge in [0.15, 0.2) is 6.10 Å². The monoisotopic (exact) mass is 401 g/mol. The van der Waals surface area contributed by atoms with Gasteiger partial charge in [0, 0.05) is 29.2 Å². The maximum absolute atomic E-state index is 12.5. The number of anilines is 1. The maximum Gasteiger partial charge on any atom is 0.312 e. The fraction of sp³-hybridized carbons (Fsp3) is 0.286. The summed E-state index contributed by atoms with van der Waals surface area (Å²) >= 11 is 5.87. The molecule has 28 heavy (non-hydrogen) atoms. The van der Waals surface area contributed by atoms with Crippen LogP contribution in [0.15, 0.2) is 48.5 Å². The van der Waals surface area contributed by atoms with E-state index in [9.17, 15) is 14.4 Å².